The summed E-state index contributed by atoms with van der Waals surface area (Å²) in [6.07, 6.45) is -0.00892. The fraction of sp³-hybridized carbons (Fsp3) is 0.167. The number of nitrogens with zero attached hydrogens (tertiary/aromatic N) is 1. The van der Waals surface area contributed by atoms with E-state index in [0.29, 0.717) is 22.3 Å². The van der Waals surface area contributed by atoms with Gasteiger partial charge in [0, 0.05) is 18.2 Å². The van der Waals surface area contributed by atoms with E-state index in [-0.39, 0.29) is 24.1 Å². The van der Waals surface area contributed by atoms with Crippen molar-refractivity contribution in [3.63, 3.8) is 0 Å². The molecule has 6 nitrogen and oxygen atoms in total. The third kappa shape index (κ3) is 4.60. The van der Waals surface area contributed by atoms with Gasteiger partial charge in [0.2, 0.25) is 11.8 Å². The van der Waals surface area contributed by atoms with E-state index in [9.17, 15) is 14.0 Å². The second-order valence-electron chi connectivity index (χ2n) is 5.47. The van der Waals surface area contributed by atoms with Gasteiger partial charge in [-0.3, -0.25) is 9.59 Å². The number of amides is 2. The van der Waals surface area contributed by atoms with Crippen LogP contribution < -0.4 is 15.4 Å². The number of hydrogen-bond acceptors (Lipinski definition) is 5. The van der Waals surface area contributed by atoms with Crippen molar-refractivity contribution < 1.29 is 18.7 Å². The van der Waals surface area contributed by atoms with E-state index < -0.39 is 5.25 Å². The molecule has 1 aliphatic rings. The van der Waals surface area contributed by atoms with Crippen molar-refractivity contribution in [3.05, 3.63) is 54.3 Å². The number of aliphatic imine (C=N–C) groups is 1. The fourth-order valence-electron chi connectivity index (χ4n) is 2.30. The average Bonchev–Trinajstić information content (AvgIpc) is 2.96. The maximum absolute atomic E-state index is 12.9. The number of anilines is 1. The molecular weight excluding hydrogens is 357 g/mol. The molecule has 0 saturated carbocycles. The third-order valence-corrected chi connectivity index (χ3v) is 4.64. The molecule has 1 atom stereocenters. The Labute approximate surface area is 153 Å². The van der Waals surface area contributed by atoms with E-state index in [0.717, 1.165) is 0 Å². The Morgan fingerprint density at radius 2 is 2.08 bits per heavy atom. The molecule has 1 unspecified atom stereocenters. The van der Waals surface area contributed by atoms with Crippen LogP contribution in [0.3, 0.4) is 0 Å². The van der Waals surface area contributed by atoms with Crippen molar-refractivity contribution >= 4 is 40.1 Å². The molecule has 2 amide bonds. The first-order chi connectivity index (χ1) is 12.5. The Bertz CT molecular complexity index is 855. The Morgan fingerprint density at radius 1 is 1.31 bits per heavy atom. The molecule has 1 saturated heterocycles. The number of carbonyl (C=O) groups excluding carboxylic acids is 2. The predicted molar refractivity (Wildman–Crippen MR) is 99.3 cm³/mol. The Hall–Kier alpha value is -2.87. The molecular formula is C18H16FN3O3S. The number of halogens is 1. The van der Waals surface area contributed by atoms with Crippen LogP contribution in [0.25, 0.3) is 0 Å². The van der Waals surface area contributed by atoms with Crippen LogP contribution in [0.2, 0.25) is 0 Å². The summed E-state index contributed by atoms with van der Waals surface area (Å²) in [5.74, 6) is -0.318. The topological polar surface area (TPSA) is 79.8 Å². The van der Waals surface area contributed by atoms with E-state index >= 15 is 0 Å². The first-order valence-corrected chi connectivity index (χ1v) is 8.67. The quantitative estimate of drug-likeness (QED) is 0.844. The maximum Gasteiger partial charge on any atom is 0.240 e. The summed E-state index contributed by atoms with van der Waals surface area (Å²) < 4.78 is 18.0. The third-order valence-electron chi connectivity index (χ3n) is 3.56. The van der Waals surface area contributed by atoms with E-state index in [1.807, 2.05) is 0 Å². The van der Waals surface area contributed by atoms with Crippen molar-refractivity contribution in [1.82, 2.24) is 5.32 Å². The summed E-state index contributed by atoms with van der Waals surface area (Å²) in [5, 5.41) is 5.17. The highest BCUT2D eigenvalue weighted by Crippen LogP contribution is 2.27. The van der Waals surface area contributed by atoms with Gasteiger partial charge in [-0.2, -0.15) is 0 Å². The molecule has 2 aromatic rings. The first kappa shape index (κ1) is 17.9. The number of hydrogen-bond donors (Lipinski definition) is 2. The Balaban J connectivity index is 1.61. The van der Waals surface area contributed by atoms with Crippen LogP contribution in [0.1, 0.15) is 6.42 Å². The van der Waals surface area contributed by atoms with Gasteiger partial charge in [0.15, 0.2) is 5.17 Å². The molecule has 1 aliphatic heterocycles. The van der Waals surface area contributed by atoms with E-state index in [1.165, 1.54) is 36.0 Å². The first-order valence-electron chi connectivity index (χ1n) is 7.79. The van der Waals surface area contributed by atoms with Crippen molar-refractivity contribution in [2.45, 2.75) is 11.7 Å². The molecule has 3 rings (SSSR count). The number of nitrogens with one attached hydrogen (secondary N) is 2. The zero-order chi connectivity index (χ0) is 18.5. The predicted octanol–water partition coefficient (Wildman–Crippen LogP) is 3.08. The molecule has 0 radical (unpaired) electrons. The van der Waals surface area contributed by atoms with Gasteiger partial charge in [0.25, 0.3) is 0 Å². The van der Waals surface area contributed by atoms with Crippen LogP contribution in [-0.4, -0.2) is 29.3 Å². The van der Waals surface area contributed by atoms with Crippen molar-refractivity contribution in [1.29, 1.82) is 0 Å². The SMILES string of the molecule is COc1cccc(N=C2NC(=O)C(CC(=O)Nc3ccc(F)cc3)S2)c1. The van der Waals surface area contributed by atoms with Crippen LogP contribution in [0.4, 0.5) is 15.8 Å². The summed E-state index contributed by atoms with van der Waals surface area (Å²) in [5.41, 5.74) is 1.12. The van der Waals surface area contributed by atoms with E-state index in [4.69, 9.17) is 4.74 Å². The smallest absolute Gasteiger partial charge is 0.240 e. The lowest BCUT2D eigenvalue weighted by atomic mass is 10.2. The second kappa shape index (κ2) is 8.01. The lowest BCUT2D eigenvalue weighted by Crippen LogP contribution is -2.28. The van der Waals surface area contributed by atoms with Crippen molar-refractivity contribution in [2.24, 2.45) is 4.99 Å². The molecule has 26 heavy (non-hydrogen) atoms. The number of amidine groups is 1. The van der Waals surface area contributed by atoms with Gasteiger partial charge in [0.1, 0.15) is 16.8 Å². The lowest BCUT2D eigenvalue weighted by molar-refractivity contribution is -0.122. The maximum atomic E-state index is 12.9. The summed E-state index contributed by atoms with van der Waals surface area (Å²) in [4.78, 5) is 28.5. The van der Waals surface area contributed by atoms with E-state index in [2.05, 4.69) is 15.6 Å². The fourth-order valence-corrected chi connectivity index (χ4v) is 3.29. The molecule has 1 heterocycles. The molecule has 134 valence electrons. The second-order valence-corrected chi connectivity index (χ2v) is 6.66. The van der Waals surface area contributed by atoms with Crippen molar-refractivity contribution in [3.8, 4) is 5.75 Å². The van der Waals surface area contributed by atoms with Gasteiger partial charge in [-0.25, -0.2) is 9.38 Å². The highest BCUT2D eigenvalue weighted by Gasteiger charge is 2.32. The minimum atomic E-state index is -0.570. The molecule has 2 aromatic carbocycles. The van der Waals surface area contributed by atoms with Gasteiger partial charge < -0.3 is 15.4 Å². The number of carbonyl (C=O) groups is 2. The minimum absolute atomic E-state index is 0.00892. The Kier molecular flexibility index (Phi) is 5.52. The molecule has 0 aliphatic carbocycles. The molecule has 0 aromatic heterocycles. The molecule has 2 N–H and O–H groups in total. The normalized spacial score (nSPS) is 17.8. The summed E-state index contributed by atoms with van der Waals surface area (Å²) in [6, 6.07) is 12.6. The highest BCUT2D eigenvalue weighted by molar-refractivity contribution is 8.15. The summed E-state index contributed by atoms with van der Waals surface area (Å²) >= 11 is 1.20. The number of methoxy groups -OCH3 is 1. The van der Waals surface area contributed by atoms with Gasteiger partial charge in [0.05, 0.1) is 12.8 Å². The van der Waals surface area contributed by atoms with Gasteiger partial charge in [-0.05, 0) is 36.4 Å². The van der Waals surface area contributed by atoms with Crippen LogP contribution in [0.5, 0.6) is 5.75 Å². The van der Waals surface area contributed by atoms with Crippen LogP contribution in [0.15, 0.2) is 53.5 Å². The molecule has 0 bridgehead atoms. The number of ether oxygens (including phenoxy) is 1. The highest BCUT2D eigenvalue weighted by atomic mass is 32.2. The molecule has 0 spiro atoms. The zero-order valence-corrected chi connectivity index (χ0v) is 14.7. The van der Waals surface area contributed by atoms with Gasteiger partial charge >= 0.3 is 0 Å². The minimum Gasteiger partial charge on any atom is -0.497 e. The monoisotopic (exact) mass is 373 g/mol. The lowest BCUT2D eigenvalue weighted by Gasteiger charge is -2.07. The summed E-state index contributed by atoms with van der Waals surface area (Å²) in [6.45, 7) is 0. The van der Waals surface area contributed by atoms with Gasteiger partial charge in [-0.15, -0.1) is 0 Å². The number of rotatable bonds is 5. The standard InChI is InChI=1S/C18H16FN3O3S/c1-25-14-4-2-3-13(9-14)21-18-22-17(24)15(26-18)10-16(23)20-12-7-5-11(19)6-8-12/h2-9,15H,10H2,1H3,(H,20,23)(H,21,22,24). The van der Waals surface area contributed by atoms with Crippen molar-refractivity contribution in [2.75, 3.05) is 12.4 Å². The number of benzene rings is 2. The zero-order valence-electron chi connectivity index (χ0n) is 13.9. The summed E-state index contributed by atoms with van der Waals surface area (Å²) in [7, 11) is 1.56. The van der Waals surface area contributed by atoms with Crippen LogP contribution in [0, 0.1) is 5.82 Å². The largest absolute Gasteiger partial charge is 0.497 e. The molecule has 8 heteroatoms. The molecule has 1 fully saturated rings. The van der Waals surface area contributed by atoms with E-state index in [1.54, 1.807) is 31.4 Å². The Morgan fingerprint density at radius 3 is 2.81 bits per heavy atom. The van der Waals surface area contributed by atoms with Crippen LogP contribution in [-0.2, 0) is 9.59 Å². The number of thioether (sulfide) groups is 1. The van der Waals surface area contributed by atoms with Gasteiger partial charge in [-0.1, -0.05) is 17.8 Å². The average molecular weight is 373 g/mol. The van der Waals surface area contributed by atoms with Crippen LogP contribution >= 0.6 is 11.8 Å².